The van der Waals surface area contributed by atoms with E-state index in [2.05, 4.69) is 0 Å². The highest BCUT2D eigenvalue weighted by atomic mass is 16.5. The lowest BCUT2D eigenvalue weighted by molar-refractivity contribution is -0.151. The van der Waals surface area contributed by atoms with E-state index in [4.69, 9.17) is 10.5 Å². The van der Waals surface area contributed by atoms with Crippen LogP contribution in [0.1, 0.15) is 51.4 Å². The van der Waals surface area contributed by atoms with Crippen molar-refractivity contribution < 1.29 is 14.3 Å². The first kappa shape index (κ1) is 16.7. The van der Waals surface area contributed by atoms with Crippen LogP contribution in [-0.2, 0) is 14.3 Å². The summed E-state index contributed by atoms with van der Waals surface area (Å²) in [6.07, 6.45) is 9.15. The third-order valence-corrected chi connectivity index (χ3v) is 5.59. The smallest absolute Gasteiger partial charge is 0.237 e. The number of amides is 2. The minimum Gasteiger partial charge on any atom is -0.374 e. The van der Waals surface area contributed by atoms with E-state index in [0.29, 0.717) is 25.7 Å². The highest BCUT2D eigenvalue weighted by Crippen LogP contribution is 2.29. The first-order valence-electron chi connectivity index (χ1n) is 9.08. The lowest BCUT2D eigenvalue weighted by atomic mass is 9.90. The van der Waals surface area contributed by atoms with Gasteiger partial charge in [0.05, 0.1) is 31.8 Å². The number of hydrogen-bond donors (Lipinski definition) is 1. The Bertz CT molecular complexity index is 435. The molecule has 2 aliphatic carbocycles. The van der Waals surface area contributed by atoms with Crippen LogP contribution in [0.5, 0.6) is 0 Å². The van der Waals surface area contributed by atoms with Gasteiger partial charge in [0, 0.05) is 12.6 Å². The van der Waals surface area contributed by atoms with Crippen molar-refractivity contribution >= 4 is 11.8 Å². The average Bonchev–Trinajstić information content (AvgIpc) is 3.07. The highest BCUT2D eigenvalue weighted by molar-refractivity contribution is 5.81. The van der Waals surface area contributed by atoms with Gasteiger partial charge in [0.2, 0.25) is 11.8 Å². The zero-order valence-corrected chi connectivity index (χ0v) is 13.9. The number of carbonyl (C=O) groups is 2. The van der Waals surface area contributed by atoms with E-state index in [9.17, 15) is 9.59 Å². The van der Waals surface area contributed by atoms with Crippen LogP contribution in [-0.4, -0.2) is 66.0 Å². The zero-order valence-electron chi connectivity index (χ0n) is 13.9. The SMILES string of the molecule is NC(=O)CN(CC(=O)N1CCO[C@@H]2CCCC[C@H]21)C1CCCC1. The molecule has 1 saturated heterocycles. The van der Waals surface area contributed by atoms with Gasteiger partial charge in [0.15, 0.2) is 0 Å². The quantitative estimate of drug-likeness (QED) is 0.815. The minimum absolute atomic E-state index is 0.137. The minimum atomic E-state index is -0.345. The Kier molecular flexibility index (Phi) is 5.54. The van der Waals surface area contributed by atoms with Gasteiger partial charge in [-0.2, -0.15) is 0 Å². The Morgan fingerprint density at radius 3 is 2.48 bits per heavy atom. The Hall–Kier alpha value is -1.14. The van der Waals surface area contributed by atoms with Crippen molar-refractivity contribution in [2.75, 3.05) is 26.2 Å². The monoisotopic (exact) mass is 323 g/mol. The maximum Gasteiger partial charge on any atom is 0.237 e. The van der Waals surface area contributed by atoms with E-state index < -0.39 is 0 Å². The maximum atomic E-state index is 12.9. The van der Waals surface area contributed by atoms with Gasteiger partial charge < -0.3 is 15.4 Å². The van der Waals surface area contributed by atoms with Crippen LogP contribution >= 0.6 is 0 Å². The van der Waals surface area contributed by atoms with Crippen molar-refractivity contribution in [1.29, 1.82) is 0 Å². The van der Waals surface area contributed by atoms with Crippen LogP contribution in [0.2, 0.25) is 0 Å². The number of carbonyl (C=O) groups excluding carboxylic acids is 2. The van der Waals surface area contributed by atoms with Gasteiger partial charge in [0.25, 0.3) is 0 Å². The molecule has 1 aliphatic heterocycles. The van der Waals surface area contributed by atoms with Crippen molar-refractivity contribution in [2.45, 2.75) is 69.6 Å². The second kappa shape index (κ2) is 7.62. The highest BCUT2D eigenvalue weighted by Gasteiger charge is 2.37. The fraction of sp³-hybridized carbons (Fsp3) is 0.882. The first-order chi connectivity index (χ1) is 11.1. The summed E-state index contributed by atoms with van der Waals surface area (Å²) >= 11 is 0. The zero-order chi connectivity index (χ0) is 16.2. The van der Waals surface area contributed by atoms with Crippen LogP contribution in [0.3, 0.4) is 0 Å². The number of nitrogens with zero attached hydrogens (tertiary/aromatic N) is 2. The van der Waals surface area contributed by atoms with Gasteiger partial charge in [-0.3, -0.25) is 14.5 Å². The van der Waals surface area contributed by atoms with Gasteiger partial charge in [-0.25, -0.2) is 0 Å². The van der Waals surface area contributed by atoms with Gasteiger partial charge in [0.1, 0.15) is 0 Å². The molecule has 130 valence electrons. The molecule has 23 heavy (non-hydrogen) atoms. The van der Waals surface area contributed by atoms with Gasteiger partial charge in [-0.15, -0.1) is 0 Å². The van der Waals surface area contributed by atoms with Gasteiger partial charge >= 0.3 is 0 Å². The molecule has 1 heterocycles. The lowest BCUT2D eigenvalue weighted by Crippen LogP contribution is -2.57. The predicted octanol–water partition coefficient (Wildman–Crippen LogP) is 0.886. The molecule has 0 radical (unpaired) electrons. The van der Waals surface area contributed by atoms with Crippen LogP contribution in [0.25, 0.3) is 0 Å². The fourth-order valence-corrected chi connectivity index (χ4v) is 4.45. The summed E-state index contributed by atoms with van der Waals surface area (Å²) in [5, 5.41) is 0. The van der Waals surface area contributed by atoms with Crippen molar-refractivity contribution in [1.82, 2.24) is 9.80 Å². The molecule has 3 rings (SSSR count). The Morgan fingerprint density at radius 1 is 1.04 bits per heavy atom. The second-order valence-corrected chi connectivity index (χ2v) is 7.16. The van der Waals surface area contributed by atoms with E-state index in [1.807, 2.05) is 9.80 Å². The predicted molar refractivity (Wildman–Crippen MR) is 86.7 cm³/mol. The molecule has 2 saturated carbocycles. The van der Waals surface area contributed by atoms with E-state index >= 15 is 0 Å². The summed E-state index contributed by atoms with van der Waals surface area (Å²) < 4.78 is 5.85. The molecular formula is C17H29N3O3. The maximum absolute atomic E-state index is 12.9. The summed E-state index contributed by atoms with van der Waals surface area (Å²) in [7, 11) is 0. The summed E-state index contributed by atoms with van der Waals surface area (Å²) in [6, 6.07) is 0.554. The number of morpholine rings is 1. The lowest BCUT2D eigenvalue weighted by Gasteiger charge is -2.44. The molecule has 3 fully saturated rings. The van der Waals surface area contributed by atoms with Crippen LogP contribution in [0, 0.1) is 0 Å². The number of ether oxygens (including phenoxy) is 1. The Balaban J connectivity index is 1.63. The summed E-state index contributed by atoms with van der Waals surface area (Å²) in [5.74, 6) is -0.208. The molecule has 3 aliphatic rings. The standard InChI is InChI=1S/C17H29N3O3/c18-16(21)11-19(13-5-1-2-6-13)12-17(22)20-9-10-23-15-8-4-3-7-14(15)20/h13-15H,1-12H2,(H2,18,21)/t14-,15-/m1/s1. The molecule has 0 aromatic heterocycles. The Labute approximate surface area is 138 Å². The number of hydrogen-bond acceptors (Lipinski definition) is 4. The van der Waals surface area contributed by atoms with Gasteiger partial charge in [-0.05, 0) is 25.7 Å². The second-order valence-electron chi connectivity index (χ2n) is 7.16. The molecule has 0 spiro atoms. The third-order valence-electron chi connectivity index (χ3n) is 5.59. The van der Waals surface area contributed by atoms with Crippen molar-refractivity contribution in [2.24, 2.45) is 5.73 Å². The average molecular weight is 323 g/mol. The number of rotatable bonds is 5. The number of fused-ring (bicyclic) bond motifs is 1. The molecule has 6 heteroatoms. The molecule has 0 aromatic carbocycles. The third kappa shape index (κ3) is 4.04. The topological polar surface area (TPSA) is 75.9 Å². The molecule has 2 atom stereocenters. The first-order valence-corrected chi connectivity index (χ1v) is 9.08. The van der Waals surface area contributed by atoms with Crippen molar-refractivity contribution in [3.05, 3.63) is 0 Å². The summed E-state index contributed by atoms with van der Waals surface area (Å²) in [4.78, 5) is 28.3. The molecule has 6 nitrogen and oxygen atoms in total. The molecular weight excluding hydrogens is 294 g/mol. The van der Waals surface area contributed by atoms with Crippen LogP contribution in [0.4, 0.5) is 0 Å². The molecule has 2 N–H and O–H groups in total. The van der Waals surface area contributed by atoms with Crippen LogP contribution in [0.15, 0.2) is 0 Å². The van der Waals surface area contributed by atoms with E-state index in [1.165, 1.54) is 25.7 Å². The van der Waals surface area contributed by atoms with E-state index in [-0.39, 0.29) is 30.5 Å². The van der Waals surface area contributed by atoms with E-state index in [0.717, 1.165) is 25.7 Å². The van der Waals surface area contributed by atoms with Gasteiger partial charge in [-0.1, -0.05) is 25.7 Å². The van der Waals surface area contributed by atoms with E-state index in [1.54, 1.807) is 0 Å². The molecule has 0 bridgehead atoms. The summed E-state index contributed by atoms with van der Waals surface area (Å²) in [6.45, 7) is 1.81. The molecule has 2 amide bonds. The summed E-state index contributed by atoms with van der Waals surface area (Å²) in [5.41, 5.74) is 5.40. The van der Waals surface area contributed by atoms with Crippen molar-refractivity contribution in [3.8, 4) is 0 Å². The number of primary amides is 1. The Morgan fingerprint density at radius 2 is 1.74 bits per heavy atom. The molecule has 0 aromatic rings. The molecule has 0 unspecified atom stereocenters. The number of nitrogens with two attached hydrogens (primary N) is 1. The fourth-order valence-electron chi connectivity index (χ4n) is 4.45. The largest absolute Gasteiger partial charge is 0.374 e. The van der Waals surface area contributed by atoms with Crippen LogP contribution < -0.4 is 5.73 Å². The van der Waals surface area contributed by atoms with Crippen molar-refractivity contribution in [3.63, 3.8) is 0 Å². The normalized spacial score (nSPS) is 28.8.